The minimum absolute atomic E-state index is 0.00763. The predicted molar refractivity (Wildman–Crippen MR) is 72.9 cm³/mol. The molecule has 4 heteroatoms. The summed E-state index contributed by atoms with van der Waals surface area (Å²) in [6.07, 6.45) is 2.80. The number of carbonyl (C=O) groups excluding carboxylic acids is 1. The highest BCUT2D eigenvalue weighted by atomic mass is 16.2. The van der Waals surface area contributed by atoms with Crippen molar-refractivity contribution in [2.45, 2.75) is 45.7 Å². The van der Waals surface area contributed by atoms with Crippen LogP contribution in [0.5, 0.6) is 0 Å². The molecule has 0 aliphatic rings. The van der Waals surface area contributed by atoms with Gasteiger partial charge in [-0.25, -0.2) is 0 Å². The number of unbranched alkanes of at least 4 members (excludes halogenated alkanes) is 1. The minimum Gasteiger partial charge on any atom is -0.339 e. The van der Waals surface area contributed by atoms with Gasteiger partial charge in [-0.15, -0.1) is 0 Å². The molecule has 2 N–H and O–H groups in total. The highest BCUT2D eigenvalue weighted by Crippen LogP contribution is 2.06. The van der Waals surface area contributed by atoms with Gasteiger partial charge in [0.2, 0.25) is 5.91 Å². The Morgan fingerprint density at radius 2 is 2.22 bits per heavy atom. The highest BCUT2D eigenvalue weighted by molar-refractivity contribution is 5.81. The Bertz CT molecular complexity index is 392. The summed E-state index contributed by atoms with van der Waals surface area (Å²) in [6.45, 7) is 4.55. The molecule has 0 fully saturated rings. The van der Waals surface area contributed by atoms with E-state index >= 15 is 0 Å². The first-order valence-electron chi connectivity index (χ1n) is 6.47. The molecule has 1 heterocycles. The van der Waals surface area contributed by atoms with E-state index in [0.29, 0.717) is 6.54 Å². The number of hydrogen-bond acceptors (Lipinski definition) is 3. The van der Waals surface area contributed by atoms with Crippen molar-refractivity contribution >= 4 is 5.91 Å². The average Bonchev–Trinajstić information content (AvgIpc) is 2.35. The lowest BCUT2D eigenvalue weighted by Gasteiger charge is -2.21. The first-order chi connectivity index (χ1) is 8.54. The highest BCUT2D eigenvalue weighted by Gasteiger charge is 2.17. The van der Waals surface area contributed by atoms with Crippen LogP contribution in [0.4, 0.5) is 0 Å². The second-order valence-corrected chi connectivity index (χ2v) is 4.71. The predicted octanol–water partition coefficient (Wildman–Crippen LogP) is 1.87. The molecule has 1 rings (SSSR count). The van der Waals surface area contributed by atoms with E-state index in [-0.39, 0.29) is 11.9 Å². The zero-order chi connectivity index (χ0) is 13.5. The lowest BCUT2D eigenvalue weighted by Crippen LogP contribution is -2.41. The Balaban J connectivity index is 2.54. The number of rotatable bonds is 6. The molecular weight excluding hydrogens is 226 g/mol. The molecule has 0 bridgehead atoms. The van der Waals surface area contributed by atoms with Gasteiger partial charge in [0.05, 0.1) is 18.3 Å². The standard InChI is InChI=1S/C14H23N3O/c1-4-5-9-13(15)14(18)17(3)10-12-8-6-7-11(2)16-12/h6-8,13H,4-5,9-10,15H2,1-3H3. The minimum atomic E-state index is -0.389. The third-order valence-corrected chi connectivity index (χ3v) is 2.91. The Morgan fingerprint density at radius 3 is 2.83 bits per heavy atom. The van der Waals surface area contributed by atoms with Crippen LogP contribution in [0.25, 0.3) is 0 Å². The summed E-state index contributed by atoms with van der Waals surface area (Å²) in [5.41, 5.74) is 7.73. The zero-order valence-electron chi connectivity index (χ0n) is 11.5. The number of hydrogen-bond donors (Lipinski definition) is 1. The van der Waals surface area contributed by atoms with Crippen LogP contribution < -0.4 is 5.73 Å². The summed E-state index contributed by atoms with van der Waals surface area (Å²) in [4.78, 5) is 18.0. The Labute approximate surface area is 109 Å². The van der Waals surface area contributed by atoms with E-state index in [4.69, 9.17) is 5.73 Å². The number of aromatic nitrogens is 1. The van der Waals surface area contributed by atoms with E-state index in [1.54, 1.807) is 11.9 Å². The monoisotopic (exact) mass is 249 g/mol. The van der Waals surface area contributed by atoms with E-state index in [0.717, 1.165) is 30.7 Å². The molecule has 1 unspecified atom stereocenters. The average molecular weight is 249 g/mol. The molecule has 0 saturated carbocycles. The van der Waals surface area contributed by atoms with Gasteiger partial charge < -0.3 is 10.6 Å². The molecule has 0 aliphatic heterocycles. The van der Waals surface area contributed by atoms with E-state index < -0.39 is 0 Å². The first-order valence-corrected chi connectivity index (χ1v) is 6.47. The summed E-state index contributed by atoms with van der Waals surface area (Å²) in [7, 11) is 1.78. The van der Waals surface area contributed by atoms with Gasteiger partial charge in [0.1, 0.15) is 0 Å². The lowest BCUT2D eigenvalue weighted by molar-refractivity contribution is -0.132. The fourth-order valence-electron chi connectivity index (χ4n) is 1.84. The van der Waals surface area contributed by atoms with Crippen molar-refractivity contribution in [3.05, 3.63) is 29.6 Å². The lowest BCUT2D eigenvalue weighted by atomic mass is 10.1. The normalized spacial score (nSPS) is 12.2. The third kappa shape index (κ3) is 4.45. The molecule has 0 saturated heterocycles. The summed E-state index contributed by atoms with van der Waals surface area (Å²) < 4.78 is 0. The fraction of sp³-hybridized carbons (Fsp3) is 0.571. The summed E-state index contributed by atoms with van der Waals surface area (Å²) >= 11 is 0. The number of pyridine rings is 1. The van der Waals surface area contributed by atoms with Crippen LogP contribution in [0.3, 0.4) is 0 Å². The number of carbonyl (C=O) groups is 1. The number of amides is 1. The topological polar surface area (TPSA) is 59.2 Å². The maximum Gasteiger partial charge on any atom is 0.239 e. The van der Waals surface area contributed by atoms with Crippen molar-refractivity contribution in [3.63, 3.8) is 0 Å². The molecule has 0 radical (unpaired) electrons. The van der Waals surface area contributed by atoms with Crippen LogP contribution in [-0.4, -0.2) is 28.9 Å². The fourth-order valence-corrected chi connectivity index (χ4v) is 1.84. The molecule has 0 aromatic carbocycles. The molecule has 1 atom stereocenters. The van der Waals surface area contributed by atoms with Crippen molar-refractivity contribution < 1.29 is 4.79 Å². The molecule has 0 aliphatic carbocycles. The number of aryl methyl sites for hydroxylation is 1. The molecule has 0 spiro atoms. The van der Waals surface area contributed by atoms with Crippen LogP contribution in [0.2, 0.25) is 0 Å². The van der Waals surface area contributed by atoms with Gasteiger partial charge in [0.25, 0.3) is 0 Å². The van der Waals surface area contributed by atoms with Crippen molar-refractivity contribution in [1.29, 1.82) is 0 Å². The van der Waals surface area contributed by atoms with Crippen LogP contribution in [0.15, 0.2) is 18.2 Å². The summed E-state index contributed by atoms with van der Waals surface area (Å²) in [6, 6.07) is 5.43. The molecule has 1 amide bonds. The SMILES string of the molecule is CCCCC(N)C(=O)N(C)Cc1cccc(C)n1. The molecule has 100 valence electrons. The van der Waals surface area contributed by atoms with Crippen LogP contribution in [0.1, 0.15) is 37.6 Å². The molecule has 1 aromatic rings. The zero-order valence-corrected chi connectivity index (χ0v) is 11.5. The second kappa shape index (κ2) is 7.11. The van der Waals surface area contributed by atoms with E-state index in [1.165, 1.54) is 0 Å². The van der Waals surface area contributed by atoms with Gasteiger partial charge >= 0.3 is 0 Å². The van der Waals surface area contributed by atoms with Crippen molar-refractivity contribution in [3.8, 4) is 0 Å². The van der Waals surface area contributed by atoms with Gasteiger partial charge in [0.15, 0.2) is 0 Å². The van der Waals surface area contributed by atoms with E-state index in [2.05, 4.69) is 11.9 Å². The maximum absolute atomic E-state index is 12.0. The Morgan fingerprint density at radius 1 is 1.50 bits per heavy atom. The number of nitrogens with two attached hydrogens (primary N) is 1. The molecule has 18 heavy (non-hydrogen) atoms. The van der Waals surface area contributed by atoms with Crippen molar-refractivity contribution in [1.82, 2.24) is 9.88 Å². The number of nitrogens with zero attached hydrogens (tertiary/aromatic N) is 2. The van der Waals surface area contributed by atoms with Crippen molar-refractivity contribution in [2.75, 3.05) is 7.05 Å². The Kier molecular flexibility index (Phi) is 5.78. The quantitative estimate of drug-likeness (QED) is 0.837. The second-order valence-electron chi connectivity index (χ2n) is 4.71. The van der Waals surface area contributed by atoms with Gasteiger partial charge in [-0.3, -0.25) is 9.78 Å². The van der Waals surface area contributed by atoms with Gasteiger partial charge in [-0.05, 0) is 25.5 Å². The van der Waals surface area contributed by atoms with Crippen LogP contribution in [-0.2, 0) is 11.3 Å². The first kappa shape index (κ1) is 14.6. The van der Waals surface area contributed by atoms with Gasteiger partial charge in [0, 0.05) is 12.7 Å². The summed E-state index contributed by atoms with van der Waals surface area (Å²) in [5.74, 6) is -0.00763. The third-order valence-electron chi connectivity index (χ3n) is 2.91. The maximum atomic E-state index is 12.0. The molecular formula is C14H23N3O. The van der Waals surface area contributed by atoms with E-state index in [9.17, 15) is 4.79 Å². The summed E-state index contributed by atoms with van der Waals surface area (Å²) in [5, 5.41) is 0. The Hall–Kier alpha value is -1.42. The van der Waals surface area contributed by atoms with Crippen LogP contribution in [0, 0.1) is 6.92 Å². The van der Waals surface area contributed by atoms with Gasteiger partial charge in [-0.2, -0.15) is 0 Å². The number of likely N-dealkylation sites (N-methyl/N-ethyl adjacent to an activating group) is 1. The van der Waals surface area contributed by atoms with Crippen molar-refractivity contribution in [2.24, 2.45) is 5.73 Å². The van der Waals surface area contributed by atoms with E-state index in [1.807, 2.05) is 25.1 Å². The van der Waals surface area contributed by atoms with Crippen LogP contribution >= 0.6 is 0 Å². The smallest absolute Gasteiger partial charge is 0.239 e. The molecule has 1 aromatic heterocycles. The van der Waals surface area contributed by atoms with Gasteiger partial charge in [-0.1, -0.05) is 25.8 Å². The largest absolute Gasteiger partial charge is 0.339 e. The molecule has 4 nitrogen and oxygen atoms in total.